The van der Waals surface area contributed by atoms with Gasteiger partial charge in [-0.25, -0.2) is 0 Å². The third kappa shape index (κ3) is 2.47. The number of phenols is 1. The van der Waals surface area contributed by atoms with Crippen LogP contribution in [0.15, 0.2) is 18.2 Å². The summed E-state index contributed by atoms with van der Waals surface area (Å²) in [6.45, 7) is 1.87. The molecule has 0 aromatic heterocycles. The van der Waals surface area contributed by atoms with Crippen molar-refractivity contribution < 1.29 is 10.2 Å². The van der Waals surface area contributed by atoms with E-state index in [4.69, 9.17) is 0 Å². The SMILES string of the molecule is Cc1ccc(N[C@H]2CCCC[C@@H]2O)cc1O. The van der Waals surface area contributed by atoms with Gasteiger partial charge in [0.1, 0.15) is 5.75 Å². The van der Waals surface area contributed by atoms with E-state index in [2.05, 4.69) is 5.32 Å². The highest BCUT2D eigenvalue weighted by atomic mass is 16.3. The van der Waals surface area contributed by atoms with Gasteiger partial charge in [0.05, 0.1) is 12.1 Å². The predicted molar refractivity (Wildman–Crippen MR) is 64.7 cm³/mol. The number of rotatable bonds is 2. The molecular weight excluding hydrogens is 202 g/mol. The molecule has 0 aliphatic heterocycles. The maximum Gasteiger partial charge on any atom is 0.120 e. The third-order valence-electron chi connectivity index (χ3n) is 3.29. The van der Waals surface area contributed by atoms with Crippen molar-refractivity contribution in [2.75, 3.05) is 5.32 Å². The number of aliphatic hydroxyl groups excluding tert-OH is 1. The van der Waals surface area contributed by atoms with Crippen molar-refractivity contribution >= 4 is 5.69 Å². The van der Waals surface area contributed by atoms with Crippen LogP contribution in [0.25, 0.3) is 0 Å². The molecule has 1 aromatic rings. The smallest absolute Gasteiger partial charge is 0.120 e. The number of anilines is 1. The van der Waals surface area contributed by atoms with Crippen molar-refractivity contribution in [1.82, 2.24) is 0 Å². The Balaban J connectivity index is 2.05. The molecule has 0 unspecified atom stereocenters. The summed E-state index contributed by atoms with van der Waals surface area (Å²) >= 11 is 0. The van der Waals surface area contributed by atoms with E-state index < -0.39 is 0 Å². The maximum atomic E-state index is 9.83. The molecule has 0 saturated heterocycles. The molecule has 1 aliphatic carbocycles. The van der Waals surface area contributed by atoms with Crippen molar-refractivity contribution in [2.45, 2.75) is 44.8 Å². The summed E-state index contributed by atoms with van der Waals surface area (Å²) in [5.74, 6) is 0.301. The van der Waals surface area contributed by atoms with Crippen molar-refractivity contribution in [2.24, 2.45) is 0 Å². The topological polar surface area (TPSA) is 52.5 Å². The molecule has 0 bridgehead atoms. The Morgan fingerprint density at radius 2 is 2.00 bits per heavy atom. The Morgan fingerprint density at radius 3 is 2.69 bits per heavy atom. The fraction of sp³-hybridized carbons (Fsp3) is 0.538. The molecular formula is C13H19NO2. The van der Waals surface area contributed by atoms with Crippen LogP contribution in [0.4, 0.5) is 5.69 Å². The van der Waals surface area contributed by atoms with Crippen LogP contribution in [0.5, 0.6) is 5.75 Å². The number of aromatic hydroxyl groups is 1. The van der Waals surface area contributed by atoms with Gasteiger partial charge < -0.3 is 15.5 Å². The van der Waals surface area contributed by atoms with Crippen LogP contribution in [0, 0.1) is 6.92 Å². The van der Waals surface area contributed by atoms with Crippen LogP contribution < -0.4 is 5.32 Å². The van der Waals surface area contributed by atoms with Crippen LogP contribution >= 0.6 is 0 Å². The Labute approximate surface area is 96.1 Å². The Hall–Kier alpha value is -1.22. The second kappa shape index (κ2) is 4.74. The van der Waals surface area contributed by atoms with E-state index in [9.17, 15) is 10.2 Å². The first-order chi connectivity index (χ1) is 7.66. The second-order valence-electron chi connectivity index (χ2n) is 4.60. The molecule has 1 saturated carbocycles. The van der Waals surface area contributed by atoms with Gasteiger partial charge in [0.25, 0.3) is 0 Å². The minimum atomic E-state index is -0.266. The molecule has 16 heavy (non-hydrogen) atoms. The molecule has 0 spiro atoms. The van der Waals surface area contributed by atoms with Crippen molar-refractivity contribution in [3.63, 3.8) is 0 Å². The molecule has 2 rings (SSSR count). The molecule has 0 radical (unpaired) electrons. The standard InChI is InChI=1S/C13H19NO2/c1-9-6-7-10(8-13(9)16)14-11-4-2-3-5-12(11)15/h6-8,11-12,14-16H,2-5H2,1H3/t11-,12-/m0/s1. The number of aliphatic hydroxyl groups is 1. The van der Waals surface area contributed by atoms with E-state index >= 15 is 0 Å². The Bertz CT molecular complexity index is 365. The highest BCUT2D eigenvalue weighted by Gasteiger charge is 2.22. The fourth-order valence-electron chi connectivity index (χ4n) is 2.19. The average Bonchev–Trinajstić information content (AvgIpc) is 2.27. The van der Waals surface area contributed by atoms with E-state index in [1.807, 2.05) is 19.1 Å². The van der Waals surface area contributed by atoms with Gasteiger partial charge in [-0.05, 0) is 31.4 Å². The summed E-state index contributed by atoms with van der Waals surface area (Å²) in [4.78, 5) is 0. The first-order valence-corrected chi connectivity index (χ1v) is 5.91. The van der Waals surface area contributed by atoms with Gasteiger partial charge in [0, 0.05) is 11.8 Å². The molecule has 3 N–H and O–H groups in total. The maximum absolute atomic E-state index is 9.83. The summed E-state index contributed by atoms with van der Waals surface area (Å²) in [6, 6.07) is 5.66. The summed E-state index contributed by atoms with van der Waals surface area (Å²) in [6.07, 6.45) is 3.87. The molecule has 1 aliphatic rings. The lowest BCUT2D eigenvalue weighted by atomic mass is 9.92. The number of aryl methyl sites for hydroxylation is 1. The number of nitrogens with one attached hydrogen (secondary N) is 1. The molecule has 0 heterocycles. The van der Waals surface area contributed by atoms with Crippen molar-refractivity contribution in [3.8, 4) is 5.75 Å². The van der Waals surface area contributed by atoms with Crippen LogP contribution in [0.3, 0.4) is 0 Å². The predicted octanol–water partition coefficient (Wildman–Crippen LogP) is 2.42. The van der Waals surface area contributed by atoms with E-state index in [1.165, 1.54) is 0 Å². The fourth-order valence-corrected chi connectivity index (χ4v) is 2.19. The summed E-state index contributed by atoms with van der Waals surface area (Å²) in [7, 11) is 0. The van der Waals surface area contributed by atoms with Crippen molar-refractivity contribution in [3.05, 3.63) is 23.8 Å². The second-order valence-corrected chi connectivity index (χ2v) is 4.60. The van der Waals surface area contributed by atoms with Crippen molar-refractivity contribution in [1.29, 1.82) is 0 Å². The van der Waals surface area contributed by atoms with Gasteiger partial charge in [0.2, 0.25) is 0 Å². The van der Waals surface area contributed by atoms with E-state index in [-0.39, 0.29) is 12.1 Å². The lowest BCUT2D eigenvalue weighted by molar-refractivity contribution is 0.116. The van der Waals surface area contributed by atoms with Gasteiger partial charge in [-0.3, -0.25) is 0 Å². The zero-order valence-electron chi connectivity index (χ0n) is 9.61. The lowest BCUT2D eigenvalue weighted by Gasteiger charge is -2.29. The zero-order valence-corrected chi connectivity index (χ0v) is 9.61. The minimum absolute atomic E-state index is 0.121. The zero-order chi connectivity index (χ0) is 11.5. The summed E-state index contributed by atoms with van der Waals surface area (Å²) < 4.78 is 0. The van der Waals surface area contributed by atoms with Crippen LogP contribution in [-0.2, 0) is 0 Å². The summed E-state index contributed by atoms with van der Waals surface area (Å²) in [5, 5.41) is 22.7. The van der Waals surface area contributed by atoms with Crippen LogP contribution in [-0.4, -0.2) is 22.4 Å². The number of hydrogen-bond acceptors (Lipinski definition) is 3. The first kappa shape index (κ1) is 11.3. The molecule has 1 aromatic carbocycles. The molecule has 3 heteroatoms. The molecule has 1 fully saturated rings. The van der Waals surface area contributed by atoms with Gasteiger partial charge >= 0.3 is 0 Å². The molecule has 3 nitrogen and oxygen atoms in total. The average molecular weight is 221 g/mol. The van der Waals surface area contributed by atoms with Gasteiger partial charge in [-0.15, -0.1) is 0 Å². The van der Waals surface area contributed by atoms with Crippen LogP contribution in [0.1, 0.15) is 31.2 Å². The van der Waals surface area contributed by atoms with Gasteiger partial charge in [-0.1, -0.05) is 18.9 Å². The number of phenolic OH excluding ortho intramolecular Hbond substituents is 1. The number of benzene rings is 1. The summed E-state index contributed by atoms with van der Waals surface area (Å²) in [5.41, 5.74) is 1.75. The van der Waals surface area contributed by atoms with E-state index in [0.29, 0.717) is 5.75 Å². The minimum Gasteiger partial charge on any atom is -0.508 e. The highest BCUT2D eigenvalue weighted by Crippen LogP contribution is 2.25. The van der Waals surface area contributed by atoms with E-state index in [0.717, 1.165) is 36.9 Å². The highest BCUT2D eigenvalue weighted by molar-refractivity contribution is 5.51. The third-order valence-corrected chi connectivity index (χ3v) is 3.29. The van der Waals surface area contributed by atoms with Crippen LogP contribution in [0.2, 0.25) is 0 Å². The van der Waals surface area contributed by atoms with Gasteiger partial charge in [-0.2, -0.15) is 0 Å². The van der Waals surface area contributed by atoms with Gasteiger partial charge in [0.15, 0.2) is 0 Å². The first-order valence-electron chi connectivity index (χ1n) is 5.91. The quantitative estimate of drug-likeness (QED) is 0.719. The van der Waals surface area contributed by atoms with E-state index in [1.54, 1.807) is 6.07 Å². The normalized spacial score (nSPS) is 25.4. The lowest BCUT2D eigenvalue weighted by Crippen LogP contribution is -2.36. The largest absolute Gasteiger partial charge is 0.508 e. The Morgan fingerprint density at radius 1 is 1.25 bits per heavy atom. The number of hydrogen-bond donors (Lipinski definition) is 3. The molecule has 88 valence electrons. The monoisotopic (exact) mass is 221 g/mol. The Kier molecular flexibility index (Phi) is 3.34. The molecule has 0 amide bonds. The molecule has 2 atom stereocenters.